The molecule has 0 saturated carbocycles. The number of carbonyl (C=O) groups is 3. The van der Waals surface area contributed by atoms with Crippen LogP contribution in [0.2, 0.25) is 0 Å². The number of aliphatic carboxylic acids is 1. The number of anilines is 1. The summed E-state index contributed by atoms with van der Waals surface area (Å²) in [6.45, 7) is 1.37. The molecule has 2 aromatic carbocycles. The number of carboxylic acid groups (broad SMARTS) is 1. The highest BCUT2D eigenvalue weighted by Crippen LogP contribution is 2.13. The molecule has 0 unspecified atom stereocenters. The quantitative estimate of drug-likeness (QED) is 0.588. The minimum absolute atomic E-state index is 0.184. The summed E-state index contributed by atoms with van der Waals surface area (Å²) < 4.78 is 0.994. The number of hydrogen-bond donors (Lipinski definition) is 3. The van der Waals surface area contributed by atoms with Crippen molar-refractivity contribution >= 4 is 46.1 Å². The SMILES string of the molecule is CC(=O)Nc1cccc(C(=O)N[C@H](Cc2cccc(I)c2)C(=O)O)c1. The van der Waals surface area contributed by atoms with Gasteiger partial charge in [-0.25, -0.2) is 4.79 Å². The lowest BCUT2D eigenvalue weighted by atomic mass is 10.1. The van der Waals surface area contributed by atoms with Crippen molar-refractivity contribution < 1.29 is 19.5 Å². The van der Waals surface area contributed by atoms with Gasteiger partial charge in [-0.15, -0.1) is 0 Å². The molecule has 2 rings (SSSR count). The van der Waals surface area contributed by atoms with Crippen LogP contribution in [0.1, 0.15) is 22.8 Å². The van der Waals surface area contributed by atoms with E-state index in [4.69, 9.17) is 0 Å². The standard InChI is InChI=1S/C18H17IN2O4/c1-11(22)20-15-7-3-5-13(10-15)17(23)21-16(18(24)25)9-12-4-2-6-14(19)8-12/h2-8,10,16H,9H2,1H3,(H,20,22)(H,21,23)(H,24,25)/t16-/m1/s1. The fourth-order valence-electron chi connectivity index (χ4n) is 2.28. The number of halogens is 1. The Morgan fingerprint density at radius 1 is 1.12 bits per heavy atom. The molecule has 0 aliphatic carbocycles. The molecule has 0 saturated heterocycles. The monoisotopic (exact) mass is 452 g/mol. The van der Waals surface area contributed by atoms with Crippen molar-refractivity contribution in [3.05, 3.63) is 63.2 Å². The maximum atomic E-state index is 12.4. The fourth-order valence-corrected chi connectivity index (χ4v) is 2.89. The second kappa shape index (κ2) is 8.61. The highest BCUT2D eigenvalue weighted by Gasteiger charge is 2.21. The van der Waals surface area contributed by atoms with Gasteiger partial charge >= 0.3 is 5.97 Å². The average molecular weight is 452 g/mol. The van der Waals surface area contributed by atoms with Crippen LogP contribution in [0, 0.1) is 3.57 Å². The van der Waals surface area contributed by atoms with Crippen molar-refractivity contribution in [1.82, 2.24) is 5.32 Å². The number of nitrogens with one attached hydrogen (secondary N) is 2. The Kier molecular flexibility index (Phi) is 6.51. The Bertz CT molecular complexity index is 807. The van der Waals surface area contributed by atoms with Gasteiger partial charge in [-0.1, -0.05) is 18.2 Å². The van der Waals surface area contributed by atoms with Gasteiger partial charge in [-0.05, 0) is 58.5 Å². The largest absolute Gasteiger partial charge is 0.480 e. The van der Waals surface area contributed by atoms with Gasteiger partial charge in [0, 0.05) is 28.2 Å². The molecule has 2 amide bonds. The Hall–Kier alpha value is -2.42. The minimum Gasteiger partial charge on any atom is -0.480 e. The van der Waals surface area contributed by atoms with Gasteiger partial charge in [0.25, 0.3) is 5.91 Å². The molecule has 0 aromatic heterocycles. The minimum atomic E-state index is -1.11. The number of carbonyl (C=O) groups excluding carboxylic acids is 2. The fraction of sp³-hybridized carbons (Fsp3) is 0.167. The Morgan fingerprint density at radius 3 is 2.48 bits per heavy atom. The molecular weight excluding hydrogens is 435 g/mol. The van der Waals surface area contributed by atoms with Crippen molar-refractivity contribution in [3.8, 4) is 0 Å². The van der Waals surface area contributed by atoms with E-state index in [0.29, 0.717) is 5.69 Å². The smallest absolute Gasteiger partial charge is 0.326 e. The van der Waals surface area contributed by atoms with E-state index >= 15 is 0 Å². The molecule has 0 fully saturated rings. The van der Waals surface area contributed by atoms with Crippen molar-refractivity contribution in [2.75, 3.05) is 5.32 Å². The van der Waals surface area contributed by atoms with Gasteiger partial charge < -0.3 is 15.7 Å². The third kappa shape index (κ3) is 5.86. The van der Waals surface area contributed by atoms with Crippen LogP contribution in [0.5, 0.6) is 0 Å². The third-order valence-corrected chi connectivity index (χ3v) is 4.05. The molecule has 0 aliphatic heterocycles. The van der Waals surface area contributed by atoms with Crippen LogP contribution in [0.3, 0.4) is 0 Å². The number of rotatable bonds is 6. The van der Waals surface area contributed by atoms with Crippen LogP contribution < -0.4 is 10.6 Å². The van der Waals surface area contributed by atoms with E-state index in [0.717, 1.165) is 9.13 Å². The third-order valence-electron chi connectivity index (χ3n) is 3.38. The zero-order valence-corrected chi connectivity index (χ0v) is 15.6. The van der Waals surface area contributed by atoms with Crippen LogP contribution in [0.25, 0.3) is 0 Å². The molecule has 0 radical (unpaired) electrons. The van der Waals surface area contributed by atoms with Gasteiger partial charge in [-0.3, -0.25) is 9.59 Å². The highest BCUT2D eigenvalue weighted by molar-refractivity contribution is 14.1. The average Bonchev–Trinajstić information content (AvgIpc) is 2.53. The normalized spacial score (nSPS) is 11.4. The van der Waals surface area contributed by atoms with Crippen LogP contribution in [-0.4, -0.2) is 28.9 Å². The van der Waals surface area contributed by atoms with Gasteiger partial charge in [0.15, 0.2) is 0 Å². The number of hydrogen-bond acceptors (Lipinski definition) is 3. The lowest BCUT2D eigenvalue weighted by Gasteiger charge is -2.15. The van der Waals surface area contributed by atoms with Crippen molar-refractivity contribution in [3.63, 3.8) is 0 Å². The topological polar surface area (TPSA) is 95.5 Å². The second-order valence-electron chi connectivity index (χ2n) is 5.46. The first-order chi connectivity index (χ1) is 11.8. The van der Waals surface area contributed by atoms with E-state index in [2.05, 4.69) is 33.2 Å². The summed E-state index contributed by atoms with van der Waals surface area (Å²) in [5, 5.41) is 14.5. The van der Waals surface area contributed by atoms with Gasteiger partial charge in [0.05, 0.1) is 0 Å². The summed E-state index contributed by atoms with van der Waals surface area (Å²) in [6, 6.07) is 12.7. The lowest BCUT2D eigenvalue weighted by Crippen LogP contribution is -2.42. The summed E-state index contributed by atoms with van der Waals surface area (Å²) in [7, 11) is 0. The number of benzene rings is 2. The number of amides is 2. The van der Waals surface area contributed by atoms with Crippen LogP contribution in [0.15, 0.2) is 48.5 Å². The molecule has 0 aliphatic rings. The summed E-state index contributed by atoms with van der Waals surface area (Å²) in [4.78, 5) is 35.0. The van der Waals surface area contributed by atoms with Gasteiger partial charge in [0.2, 0.25) is 5.91 Å². The molecule has 130 valence electrons. The zero-order chi connectivity index (χ0) is 18.4. The summed E-state index contributed by atoms with van der Waals surface area (Å²) in [5.41, 5.74) is 1.58. The molecule has 0 bridgehead atoms. The van der Waals surface area contributed by atoms with Crippen LogP contribution in [-0.2, 0) is 16.0 Å². The summed E-state index contributed by atoms with van der Waals surface area (Å²) in [6.07, 6.45) is 0.184. The van der Waals surface area contributed by atoms with Crippen LogP contribution >= 0.6 is 22.6 Å². The van der Waals surface area contributed by atoms with E-state index in [1.54, 1.807) is 18.2 Å². The highest BCUT2D eigenvalue weighted by atomic mass is 127. The first kappa shape index (κ1) is 18.9. The first-order valence-corrected chi connectivity index (χ1v) is 8.59. The maximum absolute atomic E-state index is 12.4. The molecular formula is C18H17IN2O4. The van der Waals surface area contributed by atoms with Gasteiger partial charge in [0.1, 0.15) is 6.04 Å². The summed E-state index contributed by atoms with van der Waals surface area (Å²) in [5.74, 6) is -1.87. The summed E-state index contributed by atoms with van der Waals surface area (Å²) >= 11 is 2.15. The maximum Gasteiger partial charge on any atom is 0.326 e. The molecule has 7 heteroatoms. The van der Waals surface area contributed by atoms with Crippen molar-refractivity contribution in [2.45, 2.75) is 19.4 Å². The predicted molar refractivity (Wildman–Crippen MR) is 102 cm³/mol. The Morgan fingerprint density at radius 2 is 1.84 bits per heavy atom. The molecule has 0 spiro atoms. The first-order valence-electron chi connectivity index (χ1n) is 7.51. The molecule has 3 N–H and O–H groups in total. The molecule has 6 nitrogen and oxygen atoms in total. The zero-order valence-electron chi connectivity index (χ0n) is 13.5. The van der Waals surface area contributed by atoms with E-state index in [-0.39, 0.29) is 17.9 Å². The van der Waals surface area contributed by atoms with E-state index in [9.17, 15) is 19.5 Å². The lowest BCUT2D eigenvalue weighted by molar-refractivity contribution is -0.139. The van der Waals surface area contributed by atoms with Crippen molar-refractivity contribution in [1.29, 1.82) is 0 Å². The molecule has 0 heterocycles. The van der Waals surface area contributed by atoms with Crippen LogP contribution in [0.4, 0.5) is 5.69 Å². The Labute approximate surface area is 158 Å². The molecule has 1 atom stereocenters. The van der Waals surface area contributed by atoms with E-state index in [1.807, 2.05) is 24.3 Å². The Balaban J connectivity index is 2.12. The predicted octanol–water partition coefficient (Wildman–Crippen LogP) is 2.68. The molecule has 2 aromatic rings. The van der Waals surface area contributed by atoms with Gasteiger partial charge in [-0.2, -0.15) is 0 Å². The number of carboxylic acids is 1. The van der Waals surface area contributed by atoms with E-state index in [1.165, 1.54) is 13.0 Å². The van der Waals surface area contributed by atoms with E-state index < -0.39 is 17.9 Å². The second-order valence-corrected chi connectivity index (χ2v) is 6.71. The molecule has 25 heavy (non-hydrogen) atoms. The van der Waals surface area contributed by atoms with Crippen molar-refractivity contribution in [2.24, 2.45) is 0 Å².